The fraction of sp³-hybridized carbons (Fsp3) is 0.179. The van der Waals surface area contributed by atoms with Gasteiger partial charge in [-0.3, -0.25) is 14.7 Å². The van der Waals surface area contributed by atoms with Crippen LogP contribution < -0.4 is 24.8 Å². The highest BCUT2D eigenvalue weighted by Crippen LogP contribution is 2.36. The van der Waals surface area contributed by atoms with Crippen molar-refractivity contribution in [2.45, 2.75) is 13.3 Å². The van der Waals surface area contributed by atoms with Crippen LogP contribution in [0.4, 0.5) is 11.4 Å². The van der Waals surface area contributed by atoms with Crippen molar-refractivity contribution >= 4 is 23.2 Å². The zero-order valence-electron chi connectivity index (χ0n) is 20.4. The Balaban J connectivity index is 1.40. The van der Waals surface area contributed by atoms with Gasteiger partial charge in [-0.1, -0.05) is 12.1 Å². The standard InChI is InChI=1S/C28H26N4O5/c1-17(33)31-22-4-3-5-24(13-22)37-27-12-18(21-14-29-30-15-21)6-8-25(27)32-28(34)20-10-19-11-23(35-2)7-9-26(19)36-16-20/h3-9,11-15,20H,10,16H2,1-2H3,(H,29,30)(H,31,33)(H,32,34). The van der Waals surface area contributed by atoms with E-state index < -0.39 is 0 Å². The number of ether oxygens (including phenoxy) is 3. The Morgan fingerprint density at radius 1 is 1.03 bits per heavy atom. The van der Waals surface area contributed by atoms with E-state index >= 15 is 0 Å². The number of fused-ring (bicyclic) bond motifs is 1. The molecule has 188 valence electrons. The topological polar surface area (TPSA) is 115 Å². The number of carbonyl (C=O) groups is 2. The van der Waals surface area contributed by atoms with Crippen molar-refractivity contribution in [3.05, 3.63) is 78.6 Å². The fourth-order valence-electron chi connectivity index (χ4n) is 4.17. The van der Waals surface area contributed by atoms with Gasteiger partial charge in [0.25, 0.3) is 0 Å². The maximum absolute atomic E-state index is 13.3. The van der Waals surface area contributed by atoms with Gasteiger partial charge in [0, 0.05) is 30.4 Å². The van der Waals surface area contributed by atoms with Gasteiger partial charge < -0.3 is 24.8 Å². The van der Waals surface area contributed by atoms with Gasteiger partial charge in [0.05, 0.1) is 24.9 Å². The Morgan fingerprint density at radius 3 is 2.70 bits per heavy atom. The number of benzene rings is 3. The second-order valence-corrected chi connectivity index (χ2v) is 8.68. The second kappa shape index (κ2) is 10.4. The number of rotatable bonds is 7. The van der Waals surface area contributed by atoms with Crippen LogP contribution in [-0.4, -0.2) is 35.7 Å². The normalized spacial score (nSPS) is 14.2. The molecule has 1 aliphatic rings. The van der Waals surface area contributed by atoms with Gasteiger partial charge in [0.15, 0.2) is 5.75 Å². The summed E-state index contributed by atoms with van der Waals surface area (Å²) in [4.78, 5) is 24.8. The van der Waals surface area contributed by atoms with Crippen LogP contribution >= 0.6 is 0 Å². The largest absolute Gasteiger partial charge is 0.497 e. The van der Waals surface area contributed by atoms with E-state index in [0.29, 0.717) is 29.3 Å². The molecule has 3 aromatic carbocycles. The van der Waals surface area contributed by atoms with Gasteiger partial charge in [0.2, 0.25) is 11.8 Å². The highest BCUT2D eigenvalue weighted by atomic mass is 16.5. The monoisotopic (exact) mass is 498 g/mol. The lowest BCUT2D eigenvalue weighted by Crippen LogP contribution is -2.32. The summed E-state index contributed by atoms with van der Waals surface area (Å²) in [7, 11) is 1.61. The maximum atomic E-state index is 13.3. The van der Waals surface area contributed by atoms with Gasteiger partial charge >= 0.3 is 0 Å². The number of nitrogens with zero attached hydrogens (tertiary/aromatic N) is 1. The van der Waals surface area contributed by atoms with Crippen molar-refractivity contribution in [2.75, 3.05) is 24.4 Å². The summed E-state index contributed by atoms with van der Waals surface area (Å²) in [6, 6.07) is 18.2. The Labute approximate surface area is 213 Å². The smallest absolute Gasteiger partial charge is 0.231 e. The van der Waals surface area contributed by atoms with Crippen molar-refractivity contribution in [1.29, 1.82) is 0 Å². The highest BCUT2D eigenvalue weighted by molar-refractivity contribution is 5.95. The first-order chi connectivity index (χ1) is 18.0. The molecule has 2 heterocycles. The summed E-state index contributed by atoms with van der Waals surface area (Å²) < 4.78 is 17.4. The van der Waals surface area contributed by atoms with Gasteiger partial charge in [-0.2, -0.15) is 5.10 Å². The Kier molecular flexibility index (Phi) is 6.76. The molecule has 1 aromatic heterocycles. The molecule has 9 nitrogen and oxygen atoms in total. The minimum absolute atomic E-state index is 0.179. The number of anilines is 2. The summed E-state index contributed by atoms with van der Waals surface area (Å²) in [6.07, 6.45) is 4.01. The van der Waals surface area contributed by atoms with Gasteiger partial charge in [-0.05, 0) is 60.0 Å². The van der Waals surface area contributed by atoms with Crippen LogP contribution in [0.2, 0.25) is 0 Å². The molecule has 1 unspecified atom stereocenters. The van der Waals surface area contributed by atoms with Crippen LogP contribution in [0.25, 0.3) is 11.1 Å². The third-order valence-electron chi connectivity index (χ3n) is 6.00. The first-order valence-corrected chi connectivity index (χ1v) is 11.8. The average molecular weight is 499 g/mol. The Bertz CT molecular complexity index is 1430. The number of hydrogen-bond donors (Lipinski definition) is 3. The van der Waals surface area contributed by atoms with Gasteiger partial charge in [-0.25, -0.2) is 0 Å². The molecule has 0 bridgehead atoms. The Morgan fingerprint density at radius 2 is 1.92 bits per heavy atom. The van der Waals surface area contributed by atoms with Crippen molar-refractivity contribution in [3.63, 3.8) is 0 Å². The zero-order valence-corrected chi connectivity index (χ0v) is 20.4. The quantitative estimate of drug-likeness (QED) is 0.329. The van der Waals surface area contributed by atoms with Crippen LogP contribution in [0.1, 0.15) is 12.5 Å². The van der Waals surface area contributed by atoms with Crippen LogP contribution in [0.3, 0.4) is 0 Å². The van der Waals surface area contributed by atoms with E-state index in [1.165, 1.54) is 6.92 Å². The first-order valence-electron chi connectivity index (χ1n) is 11.8. The van der Waals surface area contributed by atoms with Crippen molar-refractivity contribution < 1.29 is 23.8 Å². The third kappa shape index (κ3) is 5.56. The Hall–Kier alpha value is -4.79. The summed E-state index contributed by atoms with van der Waals surface area (Å²) in [6.45, 7) is 1.71. The molecule has 37 heavy (non-hydrogen) atoms. The van der Waals surface area contributed by atoms with Crippen LogP contribution in [0.5, 0.6) is 23.0 Å². The van der Waals surface area contributed by atoms with Crippen molar-refractivity contribution in [3.8, 4) is 34.1 Å². The van der Waals surface area contributed by atoms with E-state index in [4.69, 9.17) is 14.2 Å². The number of amides is 2. The molecule has 0 aliphatic carbocycles. The van der Waals surface area contributed by atoms with Gasteiger partial charge in [-0.15, -0.1) is 0 Å². The molecule has 0 spiro atoms. The molecule has 5 rings (SSSR count). The van der Waals surface area contributed by atoms with E-state index in [1.807, 2.05) is 30.3 Å². The molecule has 4 aromatic rings. The van der Waals surface area contributed by atoms with E-state index in [9.17, 15) is 9.59 Å². The predicted octanol–water partition coefficient (Wildman–Crippen LogP) is 5.03. The molecular weight excluding hydrogens is 472 g/mol. The highest BCUT2D eigenvalue weighted by Gasteiger charge is 2.27. The molecule has 0 saturated carbocycles. The number of aromatic nitrogens is 2. The summed E-state index contributed by atoms with van der Waals surface area (Å²) >= 11 is 0. The van der Waals surface area contributed by atoms with E-state index in [2.05, 4.69) is 20.8 Å². The summed E-state index contributed by atoms with van der Waals surface area (Å²) in [5, 5.41) is 12.6. The first kappa shape index (κ1) is 23.9. The molecule has 1 atom stereocenters. The lowest BCUT2D eigenvalue weighted by molar-refractivity contribution is -0.121. The molecule has 0 saturated heterocycles. The molecule has 1 aliphatic heterocycles. The molecule has 0 radical (unpaired) electrons. The zero-order chi connectivity index (χ0) is 25.8. The molecule has 2 amide bonds. The third-order valence-corrected chi connectivity index (χ3v) is 6.00. The van der Waals surface area contributed by atoms with Crippen molar-refractivity contribution in [1.82, 2.24) is 10.2 Å². The number of H-pyrrole nitrogens is 1. The molecule has 0 fully saturated rings. The van der Waals surface area contributed by atoms with Crippen LogP contribution in [0.15, 0.2) is 73.1 Å². The molecule has 3 N–H and O–H groups in total. The number of carbonyl (C=O) groups excluding carboxylic acids is 2. The maximum Gasteiger partial charge on any atom is 0.231 e. The average Bonchev–Trinajstić information content (AvgIpc) is 3.44. The SMILES string of the molecule is COc1ccc2c(c1)CC(C(=O)Nc1ccc(-c3cn[nH]c3)cc1Oc1cccc(NC(C)=O)c1)CO2. The van der Waals surface area contributed by atoms with E-state index in [1.54, 1.807) is 49.8 Å². The second-order valence-electron chi connectivity index (χ2n) is 8.68. The van der Waals surface area contributed by atoms with Crippen LogP contribution in [0, 0.1) is 5.92 Å². The number of nitrogens with one attached hydrogen (secondary N) is 3. The number of hydrogen-bond acceptors (Lipinski definition) is 6. The van der Waals surface area contributed by atoms with E-state index in [0.717, 1.165) is 28.2 Å². The molecule has 9 heteroatoms. The minimum atomic E-state index is -0.385. The minimum Gasteiger partial charge on any atom is -0.497 e. The summed E-state index contributed by atoms with van der Waals surface area (Å²) in [5.74, 6) is 1.69. The lowest BCUT2D eigenvalue weighted by atomic mass is 9.95. The lowest BCUT2D eigenvalue weighted by Gasteiger charge is -2.25. The number of aromatic amines is 1. The van der Waals surface area contributed by atoms with Gasteiger partial charge in [0.1, 0.15) is 23.9 Å². The predicted molar refractivity (Wildman–Crippen MR) is 139 cm³/mol. The summed E-state index contributed by atoms with van der Waals surface area (Å²) in [5.41, 5.74) is 3.78. The van der Waals surface area contributed by atoms with E-state index in [-0.39, 0.29) is 24.3 Å². The fourth-order valence-corrected chi connectivity index (χ4v) is 4.17. The van der Waals surface area contributed by atoms with Crippen molar-refractivity contribution in [2.24, 2.45) is 5.92 Å². The molecular formula is C28H26N4O5. The number of methoxy groups -OCH3 is 1. The van der Waals surface area contributed by atoms with Crippen LogP contribution in [-0.2, 0) is 16.0 Å².